The first kappa shape index (κ1) is 17.6. The average Bonchev–Trinajstić information content (AvgIpc) is 2.61. The van der Waals surface area contributed by atoms with Crippen LogP contribution < -0.4 is 10.0 Å². The molecular formula is C18H16N4O3S. The molecule has 3 rings (SSSR count). The number of anilines is 2. The van der Waals surface area contributed by atoms with Gasteiger partial charge in [0.2, 0.25) is 10.0 Å². The van der Waals surface area contributed by atoms with Crippen LogP contribution in [0.25, 0.3) is 11.3 Å². The second kappa shape index (κ2) is 7.32. The van der Waals surface area contributed by atoms with Crippen LogP contribution in [-0.4, -0.2) is 30.5 Å². The molecule has 2 N–H and O–H groups in total. The lowest BCUT2D eigenvalue weighted by atomic mass is 10.1. The van der Waals surface area contributed by atoms with Gasteiger partial charge in [0, 0.05) is 16.9 Å². The fraction of sp³-hybridized carbons (Fsp3) is 0.0556. The maximum atomic E-state index is 12.3. The Kier molecular flexibility index (Phi) is 4.94. The van der Waals surface area contributed by atoms with Crippen LogP contribution in [0.4, 0.5) is 11.4 Å². The Hall–Kier alpha value is -3.26. The van der Waals surface area contributed by atoms with Crippen molar-refractivity contribution in [2.45, 2.75) is 0 Å². The summed E-state index contributed by atoms with van der Waals surface area (Å²) in [4.78, 5) is 20.7. The molecule has 0 unspecified atom stereocenters. The largest absolute Gasteiger partial charge is 0.321 e. The molecule has 0 aliphatic heterocycles. The molecule has 0 saturated carbocycles. The highest BCUT2D eigenvalue weighted by atomic mass is 32.2. The van der Waals surface area contributed by atoms with E-state index in [9.17, 15) is 13.2 Å². The maximum absolute atomic E-state index is 12.3. The SMILES string of the molecule is CS(=O)(=O)Nc1cccc(-c2cncc(C(=O)Nc3ccccc3)n2)c1. The Morgan fingerprint density at radius 1 is 0.962 bits per heavy atom. The number of amides is 1. The highest BCUT2D eigenvalue weighted by Crippen LogP contribution is 2.21. The number of sulfonamides is 1. The zero-order valence-electron chi connectivity index (χ0n) is 13.9. The van der Waals surface area contributed by atoms with E-state index in [0.29, 0.717) is 22.6 Å². The van der Waals surface area contributed by atoms with Crippen LogP contribution in [0.2, 0.25) is 0 Å². The summed E-state index contributed by atoms with van der Waals surface area (Å²) < 4.78 is 25.2. The van der Waals surface area contributed by atoms with Crippen LogP contribution in [0.3, 0.4) is 0 Å². The standard InChI is InChI=1S/C18H16N4O3S/c1-26(24,25)22-15-9-5-6-13(10-15)16-11-19-12-17(21-16)18(23)20-14-7-3-2-4-8-14/h2-12,22H,1H3,(H,20,23). The fourth-order valence-electron chi connectivity index (χ4n) is 2.29. The number of aromatic nitrogens is 2. The number of para-hydroxylation sites is 1. The average molecular weight is 368 g/mol. The monoisotopic (exact) mass is 368 g/mol. The number of carbonyl (C=O) groups excluding carboxylic acids is 1. The van der Waals surface area contributed by atoms with Gasteiger partial charge < -0.3 is 5.32 Å². The molecule has 0 atom stereocenters. The third-order valence-electron chi connectivity index (χ3n) is 3.36. The Balaban J connectivity index is 1.85. The molecule has 0 saturated heterocycles. The number of hydrogen-bond acceptors (Lipinski definition) is 5. The first-order valence-corrected chi connectivity index (χ1v) is 9.56. The molecule has 7 nitrogen and oxygen atoms in total. The van der Waals surface area contributed by atoms with Crippen LogP contribution >= 0.6 is 0 Å². The van der Waals surface area contributed by atoms with E-state index in [4.69, 9.17) is 0 Å². The van der Waals surface area contributed by atoms with Crippen molar-refractivity contribution in [3.8, 4) is 11.3 Å². The Bertz CT molecular complexity index is 1040. The van der Waals surface area contributed by atoms with Gasteiger partial charge in [-0.25, -0.2) is 13.4 Å². The predicted octanol–water partition coefficient (Wildman–Crippen LogP) is 2.77. The molecule has 1 amide bonds. The van der Waals surface area contributed by atoms with E-state index < -0.39 is 10.0 Å². The molecule has 0 bridgehead atoms. The van der Waals surface area contributed by atoms with Gasteiger partial charge in [0.25, 0.3) is 5.91 Å². The van der Waals surface area contributed by atoms with Crippen molar-refractivity contribution < 1.29 is 13.2 Å². The van der Waals surface area contributed by atoms with Crippen molar-refractivity contribution in [3.63, 3.8) is 0 Å². The van der Waals surface area contributed by atoms with Gasteiger partial charge in [-0.2, -0.15) is 0 Å². The lowest BCUT2D eigenvalue weighted by molar-refractivity contribution is 0.102. The van der Waals surface area contributed by atoms with Crippen molar-refractivity contribution in [3.05, 3.63) is 72.7 Å². The van der Waals surface area contributed by atoms with E-state index in [0.717, 1.165) is 6.26 Å². The molecule has 0 fully saturated rings. The summed E-state index contributed by atoms with van der Waals surface area (Å²) >= 11 is 0. The Labute approximate surface area is 151 Å². The number of benzene rings is 2. The van der Waals surface area contributed by atoms with Gasteiger partial charge in [-0.05, 0) is 24.3 Å². The third-order valence-corrected chi connectivity index (χ3v) is 3.97. The maximum Gasteiger partial charge on any atom is 0.275 e. The predicted molar refractivity (Wildman–Crippen MR) is 100 cm³/mol. The van der Waals surface area contributed by atoms with Gasteiger partial charge in [-0.1, -0.05) is 30.3 Å². The summed E-state index contributed by atoms with van der Waals surface area (Å²) in [6.07, 6.45) is 3.97. The van der Waals surface area contributed by atoms with Gasteiger partial charge in [-0.15, -0.1) is 0 Å². The summed E-state index contributed by atoms with van der Waals surface area (Å²) in [6.45, 7) is 0. The molecule has 0 aliphatic rings. The van der Waals surface area contributed by atoms with E-state index in [1.54, 1.807) is 36.4 Å². The quantitative estimate of drug-likeness (QED) is 0.721. The summed E-state index contributed by atoms with van der Waals surface area (Å²) in [6, 6.07) is 15.8. The van der Waals surface area contributed by atoms with E-state index in [1.807, 2.05) is 18.2 Å². The van der Waals surface area contributed by atoms with Crippen LogP contribution in [-0.2, 0) is 10.0 Å². The first-order valence-electron chi connectivity index (χ1n) is 7.67. The zero-order valence-corrected chi connectivity index (χ0v) is 14.7. The summed E-state index contributed by atoms with van der Waals surface area (Å²) in [5, 5.41) is 2.75. The lowest BCUT2D eigenvalue weighted by Crippen LogP contribution is -2.14. The number of rotatable bonds is 5. The van der Waals surface area contributed by atoms with Crippen LogP contribution in [0.1, 0.15) is 10.5 Å². The normalized spacial score (nSPS) is 11.0. The van der Waals surface area contributed by atoms with E-state index in [1.165, 1.54) is 12.4 Å². The Morgan fingerprint density at radius 2 is 1.69 bits per heavy atom. The van der Waals surface area contributed by atoms with Crippen molar-refractivity contribution >= 4 is 27.3 Å². The van der Waals surface area contributed by atoms with Gasteiger partial charge in [0.15, 0.2) is 0 Å². The zero-order chi connectivity index (χ0) is 18.6. The second-order valence-corrected chi connectivity index (χ2v) is 7.31. The first-order chi connectivity index (χ1) is 12.4. The highest BCUT2D eigenvalue weighted by Gasteiger charge is 2.11. The van der Waals surface area contributed by atoms with Gasteiger partial charge in [-0.3, -0.25) is 14.5 Å². The van der Waals surface area contributed by atoms with E-state index >= 15 is 0 Å². The number of nitrogens with one attached hydrogen (secondary N) is 2. The van der Waals surface area contributed by atoms with Gasteiger partial charge in [0.05, 0.1) is 24.3 Å². The van der Waals surface area contributed by atoms with Crippen LogP contribution in [0, 0.1) is 0 Å². The van der Waals surface area contributed by atoms with Crippen LogP contribution in [0.5, 0.6) is 0 Å². The number of carbonyl (C=O) groups is 1. The molecule has 0 radical (unpaired) electrons. The topological polar surface area (TPSA) is 101 Å². The molecule has 26 heavy (non-hydrogen) atoms. The molecule has 0 spiro atoms. The van der Waals surface area contributed by atoms with Crippen LogP contribution in [0.15, 0.2) is 67.0 Å². The molecule has 1 heterocycles. The third kappa shape index (κ3) is 4.64. The fourth-order valence-corrected chi connectivity index (χ4v) is 2.84. The van der Waals surface area contributed by atoms with Gasteiger partial charge in [0.1, 0.15) is 5.69 Å². The van der Waals surface area contributed by atoms with Crippen molar-refractivity contribution in [1.82, 2.24) is 9.97 Å². The minimum absolute atomic E-state index is 0.160. The highest BCUT2D eigenvalue weighted by molar-refractivity contribution is 7.92. The van der Waals surface area contributed by atoms with Crippen molar-refractivity contribution in [1.29, 1.82) is 0 Å². The van der Waals surface area contributed by atoms with Gasteiger partial charge >= 0.3 is 0 Å². The molecule has 3 aromatic rings. The Morgan fingerprint density at radius 3 is 2.42 bits per heavy atom. The van der Waals surface area contributed by atoms with E-state index in [-0.39, 0.29) is 11.6 Å². The minimum Gasteiger partial charge on any atom is -0.321 e. The smallest absolute Gasteiger partial charge is 0.275 e. The minimum atomic E-state index is -3.38. The molecule has 8 heteroatoms. The molecule has 0 aliphatic carbocycles. The molecule has 2 aromatic carbocycles. The lowest BCUT2D eigenvalue weighted by Gasteiger charge is -2.08. The molecule has 132 valence electrons. The van der Waals surface area contributed by atoms with E-state index in [2.05, 4.69) is 20.0 Å². The second-order valence-electron chi connectivity index (χ2n) is 5.56. The number of hydrogen-bond donors (Lipinski definition) is 2. The summed E-state index contributed by atoms with van der Waals surface area (Å²) in [5.74, 6) is -0.379. The summed E-state index contributed by atoms with van der Waals surface area (Å²) in [7, 11) is -3.38. The summed E-state index contributed by atoms with van der Waals surface area (Å²) in [5.41, 5.74) is 2.33. The van der Waals surface area contributed by atoms with Crippen molar-refractivity contribution in [2.24, 2.45) is 0 Å². The van der Waals surface area contributed by atoms with Crippen molar-refractivity contribution in [2.75, 3.05) is 16.3 Å². The molecule has 1 aromatic heterocycles. The molecular weight excluding hydrogens is 352 g/mol. The number of nitrogens with zero attached hydrogens (tertiary/aromatic N) is 2.